The Bertz CT molecular complexity index is 2310. The summed E-state index contributed by atoms with van der Waals surface area (Å²) in [7, 11) is 0. The average Bonchev–Trinajstić information content (AvgIpc) is 3.70. The molecule has 0 spiro atoms. The van der Waals surface area contributed by atoms with Gasteiger partial charge in [-0.3, -0.25) is 8.97 Å². The number of rotatable bonds is 2. The number of hydrogen-bond donors (Lipinski definition) is 0. The average molecular weight is 505 g/mol. The molecule has 4 heterocycles. The van der Waals surface area contributed by atoms with Gasteiger partial charge in [0.05, 0.1) is 33.1 Å². The Morgan fingerprint density at radius 1 is 0.500 bits per heavy atom. The maximum Gasteiger partial charge on any atom is 0.196 e. The van der Waals surface area contributed by atoms with E-state index in [1.54, 1.807) is 11.3 Å². The van der Waals surface area contributed by atoms with Crippen LogP contribution in [0, 0.1) is 0 Å². The SMILES string of the molecule is c1ccc2c(c1)nc1sc(-n3c4ccccc4c4cc(-n5c6ccccc6c6ccccc65)ccc43)cn12. The lowest BCUT2D eigenvalue weighted by atomic mass is 10.1. The first-order chi connectivity index (χ1) is 18.8. The molecule has 0 N–H and O–H groups in total. The van der Waals surface area contributed by atoms with E-state index < -0.39 is 0 Å². The van der Waals surface area contributed by atoms with Crippen LogP contribution in [0.3, 0.4) is 0 Å². The summed E-state index contributed by atoms with van der Waals surface area (Å²) in [6, 6.07) is 41.3. The molecule has 0 saturated heterocycles. The summed E-state index contributed by atoms with van der Waals surface area (Å²) in [4.78, 5) is 5.88. The maximum atomic E-state index is 4.88. The fourth-order valence-electron chi connectivity index (χ4n) is 6.09. The summed E-state index contributed by atoms with van der Waals surface area (Å²) < 4.78 is 6.98. The molecule has 5 aromatic carbocycles. The van der Waals surface area contributed by atoms with Crippen LogP contribution in [-0.2, 0) is 0 Å². The summed E-state index contributed by atoms with van der Waals surface area (Å²) in [5.74, 6) is 0. The van der Waals surface area contributed by atoms with Gasteiger partial charge >= 0.3 is 0 Å². The fraction of sp³-hybridized carbons (Fsp3) is 0. The van der Waals surface area contributed by atoms with E-state index in [4.69, 9.17) is 4.98 Å². The van der Waals surface area contributed by atoms with Gasteiger partial charge in [-0.2, -0.15) is 0 Å². The van der Waals surface area contributed by atoms with E-state index in [2.05, 4.69) is 129 Å². The van der Waals surface area contributed by atoms with Crippen LogP contribution in [0.1, 0.15) is 0 Å². The van der Waals surface area contributed by atoms with Gasteiger partial charge in [0, 0.05) is 33.4 Å². The Kier molecular flexibility index (Phi) is 3.91. The third-order valence-electron chi connectivity index (χ3n) is 7.71. The minimum atomic E-state index is 1.01. The van der Waals surface area contributed by atoms with Crippen molar-refractivity contribution < 1.29 is 0 Å². The second-order valence-corrected chi connectivity index (χ2v) is 10.7. The van der Waals surface area contributed by atoms with Crippen LogP contribution in [0.4, 0.5) is 0 Å². The van der Waals surface area contributed by atoms with Crippen molar-refractivity contribution in [2.24, 2.45) is 0 Å². The number of benzene rings is 5. The number of fused-ring (bicyclic) bond motifs is 9. The van der Waals surface area contributed by atoms with Crippen molar-refractivity contribution in [3.8, 4) is 10.7 Å². The molecule has 178 valence electrons. The first-order valence-electron chi connectivity index (χ1n) is 12.7. The topological polar surface area (TPSA) is 27.2 Å². The molecule has 0 atom stereocenters. The van der Waals surface area contributed by atoms with E-state index >= 15 is 0 Å². The molecule has 0 unspecified atom stereocenters. The highest BCUT2D eigenvalue weighted by Gasteiger charge is 2.18. The first kappa shape index (κ1) is 20.2. The number of nitrogens with zero attached hydrogens (tertiary/aromatic N) is 4. The molecule has 0 aliphatic carbocycles. The molecule has 38 heavy (non-hydrogen) atoms. The van der Waals surface area contributed by atoms with Crippen molar-refractivity contribution in [1.82, 2.24) is 18.5 Å². The van der Waals surface area contributed by atoms with Crippen LogP contribution in [0.5, 0.6) is 0 Å². The molecule has 9 aromatic rings. The number of thiazole rings is 1. The number of imidazole rings is 1. The minimum Gasteiger partial charge on any atom is -0.309 e. The lowest BCUT2D eigenvalue weighted by molar-refractivity contribution is 1.17. The van der Waals surface area contributed by atoms with Gasteiger partial charge < -0.3 is 4.57 Å². The van der Waals surface area contributed by atoms with Crippen LogP contribution < -0.4 is 0 Å². The normalized spacial score (nSPS) is 12.2. The van der Waals surface area contributed by atoms with Crippen molar-refractivity contribution >= 4 is 70.9 Å². The predicted octanol–water partition coefficient (Wildman–Crippen LogP) is 8.74. The highest BCUT2D eigenvalue weighted by molar-refractivity contribution is 7.19. The Hall–Kier alpha value is -4.87. The highest BCUT2D eigenvalue weighted by atomic mass is 32.1. The van der Waals surface area contributed by atoms with Gasteiger partial charge in [0.25, 0.3) is 0 Å². The summed E-state index contributed by atoms with van der Waals surface area (Å²) in [5.41, 5.74) is 8.19. The third-order valence-corrected chi connectivity index (χ3v) is 8.68. The Labute approximate surface area is 221 Å². The van der Waals surface area contributed by atoms with Gasteiger partial charge in [-0.15, -0.1) is 0 Å². The second kappa shape index (κ2) is 7.34. The largest absolute Gasteiger partial charge is 0.309 e. The third kappa shape index (κ3) is 2.61. The molecule has 9 rings (SSSR count). The Balaban J connectivity index is 1.34. The molecule has 0 amide bonds. The molecular weight excluding hydrogens is 484 g/mol. The molecule has 0 aliphatic rings. The number of aromatic nitrogens is 4. The van der Waals surface area contributed by atoms with E-state index in [0.29, 0.717) is 0 Å². The molecule has 0 saturated carbocycles. The molecule has 4 nitrogen and oxygen atoms in total. The van der Waals surface area contributed by atoms with Gasteiger partial charge in [-0.25, -0.2) is 4.98 Å². The molecule has 0 aliphatic heterocycles. The maximum absolute atomic E-state index is 4.88. The van der Waals surface area contributed by atoms with Crippen LogP contribution in [-0.4, -0.2) is 18.5 Å². The van der Waals surface area contributed by atoms with Crippen LogP contribution in [0.15, 0.2) is 121 Å². The summed E-state index contributed by atoms with van der Waals surface area (Å²) in [5, 5.41) is 6.21. The van der Waals surface area contributed by atoms with Gasteiger partial charge in [0.2, 0.25) is 0 Å². The summed E-state index contributed by atoms with van der Waals surface area (Å²) in [6.07, 6.45) is 2.22. The van der Waals surface area contributed by atoms with Crippen molar-refractivity contribution in [3.63, 3.8) is 0 Å². The summed E-state index contributed by atoms with van der Waals surface area (Å²) in [6.45, 7) is 0. The Morgan fingerprint density at radius 2 is 1.05 bits per heavy atom. The van der Waals surface area contributed by atoms with E-state index in [9.17, 15) is 0 Å². The lowest BCUT2D eigenvalue weighted by Gasteiger charge is -2.09. The van der Waals surface area contributed by atoms with Gasteiger partial charge in [0.15, 0.2) is 4.96 Å². The minimum absolute atomic E-state index is 1.01. The zero-order valence-electron chi connectivity index (χ0n) is 20.2. The van der Waals surface area contributed by atoms with Crippen molar-refractivity contribution in [2.75, 3.05) is 0 Å². The van der Waals surface area contributed by atoms with Crippen LogP contribution >= 0.6 is 11.3 Å². The van der Waals surface area contributed by atoms with Crippen LogP contribution in [0.25, 0.3) is 70.3 Å². The van der Waals surface area contributed by atoms with Gasteiger partial charge in [-0.05, 0) is 48.5 Å². The number of para-hydroxylation sites is 5. The van der Waals surface area contributed by atoms with Gasteiger partial charge in [-0.1, -0.05) is 78.1 Å². The Morgan fingerprint density at radius 3 is 1.76 bits per heavy atom. The predicted molar refractivity (Wildman–Crippen MR) is 159 cm³/mol. The molecule has 0 bridgehead atoms. The highest BCUT2D eigenvalue weighted by Crippen LogP contribution is 2.38. The molecule has 4 aromatic heterocycles. The van der Waals surface area contributed by atoms with E-state index in [0.717, 1.165) is 21.0 Å². The fourth-order valence-corrected chi connectivity index (χ4v) is 7.12. The molecule has 0 radical (unpaired) electrons. The first-order valence-corrected chi connectivity index (χ1v) is 13.6. The summed E-state index contributed by atoms with van der Waals surface area (Å²) >= 11 is 1.73. The van der Waals surface area contributed by atoms with Crippen LogP contribution in [0.2, 0.25) is 0 Å². The smallest absolute Gasteiger partial charge is 0.196 e. The lowest BCUT2D eigenvalue weighted by Crippen LogP contribution is -1.94. The van der Waals surface area contributed by atoms with E-state index in [1.807, 2.05) is 6.07 Å². The molecule has 0 fully saturated rings. The van der Waals surface area contributed by atoms with Gasteiger partial charge in [0.1, 0.15) is 5.00 Å². The zero-order chi connectivity index (χ0) is 24.8. The second-order valence-electron chi connectivity index (χ2n) is 9.75. The quantitative estimate of drug-likeness (QED) is 0.231. The molecule has 5 heteroatoms. The monoisotopic (exact) mass is 504 g/mol. The molecular formula is C33H20N4S. The standard InChI is InChI=1S/C33H20N4S/c1-5-13-27-22(9-1)23-10-2-6-14-28(23)36(27)21-17-18-30-25(19-21)24-11-3-7-15-29(24)37(30)32-20-35-31-16-8-4-12-26(31)34-33(35)38-32/h1-20H. The van der Waals surface area contributed by atoms with E-state index in [-0.39, 0.29) is 0 Å². The van der Waals surface area contributed by atoms with Crippen molar-refractivity contribution in [1.29, 1.82) is 0 Å². The van der Waals surface area contributed by atoms with Crippen molar-refractivity contribution in [2.45, 2.75) is 0 Å². The zero-order valence-corrected chi connectivity index (χ0v) is 21.1. The van der Waals surface area contributed by atoms with Crippen molar-refractivity contribution in [3.05, 3.63) is 121 Å². The van der Waals surface area contributed by atoms with E-state index in [1.165, 1.54) is 49.3 Å². The number of hydrogen-bond acceptors (Lipinski definition) is 2.